The lowest BCUT2D eigenvalue weighted by Gasteiger charge is -2.21. The van der Waals surface area contributed by atoms with E-state index in [-0.39, 0.29) is 17.0 Å². The zero-order valence-corrected chi connectivity index (χ0v) is 17.6. The molecule has 2 heterocycles. The second kappa shape index (κ2) is 9.17. The Morgan fingerprint density at radius 1 is 1.13 bits per heavy atom. The third-order valence-electron chi connectivity index (χ3n) is 5.00. The van der Waals surface area contributed by atoms with Crippen molar-refractivity contribution in [2.75, 3.05) is 12.3 Å². The number of carbonyl (C=O) groups is 1. The molecule has 0 bridgehead atoms. The number of fused-ring (bicyclic) bond motifs is 1. The predicted octanol–water partition coefficient (Wildman–Crippen LogP) is 3.59. The third-order valence-corrected chi connectivity index (χ3v) is 5.97. The molecule has 1 aromatic heterocycles. The number of rotatable bonds is 7. The molecule has 30 heavy (non-hydrogen) atoms. The summed E-state index contributed by atoms with van der Waals surface area (Å²) in [5.41, 5.74) is 1.96. The highest BCUT2D eigenvalue weighted by Gasteiger charge is 2.23. The van der Waals surface area contributed by atoms with Crippen molar-refractivity contribution in [3.8, 4) is 5.75 Å². The Morgan fingerprint density at radius 2 is 1.90 bits per heavy atom. The fraction of sp³-hybridized carbons (Fsp3) is 0.261. The summed E-state index contributed by atoms with van der Waals surface area (Å²) in [6, 6.07) is 17.7. The van der Waals surface area contributed by atoms with Crippen LogP contribution in [0.3, 0.4) is 0 Å². The van der Waals surface area contributed by atoms with E-state index >= 15 is 0 Å². The number of thioether (sulfide) groups is 1. The Balaban J connectivity index is 1.42. The molecule has 0 saturated heterocycles. The number of nitrogens with zero attached hydrogens (tertiary/aromatic N) is 3. The SMILES string of the molecule is CCN(Cc1ccc(OCc2ccccc2)cc1)C(=O)c1cnc2n(c1=O)CCS2. The van der Waals surface area contributed by atoms with Crippen molar-refractivity contribution in [2.45, 2.75) is 31.8 Å². The monoisotopic (exact) mass is 421 g/mol. The van der Waals surface area contributed by atoms with Crippen LogP contribution in [0, 0.1) is 0 Å². The summed E-state index contributed by atoms with van der Waals surface area (Å²) in [4.78, 5) is 31.6. The van der Waals surface area contributed by atoms with E-state index in [4.69, 9.17) is 4.74 Å². The van der Waals surface area contributed by atoms with Crippen molar-refractivity contribution in [3.05, 3.63) is 87.8 Å². The Bertz CT molecular complexity index is 1080. The molecule has 0 radical (unpaired) electrons. The van der Waals surface area contributed by atoms with Crippen LogP contribution >= 0.6 is 11.8 Å². The molecular weight excluding hydrogens is 398 g/mol. The van der Waals surface area contributed by atoms with Crippen LogP contribution in [-0.2, 0) is 19.7 Å². The van der Waals surface area contributed by atoms with Gasteiger partial charge in [0.15, 0.2) is 5.16 Å². The number of amides is 1. The standard InChI is InChI=1S/C23H23N3O3S/c1-2-25(21(27)20-14-24-23-26(22(20)28)12-13-30-23)15-17-8-10-19(11-9-17)29-16-18-6-4-3-5-7-18/h3-11,14H,2,12-13,15-16H2,1H3. The van der Waals surface area contributed by atoms with Gasteiger partial charge in [-0.3, -0.25) is 14.2 Å². The summed E-state index contributed by atoms with van der Waals surface area (Å²) in [6.07, 6.45) is 1.41. The van der Waals surface area contributed by atoms with Gasteiger partial charge < -0.3 is 9.64 Å². The summed E-state index contributed by atoms with van der Waals surface area (Å²) in [5, 5.41) is 0.686. The lowest BCUT2D eigenvalue weighted by Crippen LogP contribution is -2.36. The normalized spacial score (nSPS) is 12.4. The highest BCUT2D eigenvalue weighted by atomic mass is 32.2. The molecule has 154 valence electrons. The van der Waals surface area contributed by atoms with E-state index in [1.165, 1.54) is 18.0 Å². The molecule has 7 heteroatoms. The van der Waals surface area contributed by atoms with Gasteiger partial charge in [0.1, 0.15) is 17.9 Å². The number of hydrogen-bond acceptors (Lipinski definition) is 5. The molecule has 1 aliphatic rings. The molecule has 4 rings (SSSR count). The number of benzene rings is 2. The smallest absolute Gasteiger partial charge is 0.267 e. The maximum absolute atomic E-state index is 13.0. The van der Waals surface area contributed by atoms with E-state index in [0.717, 1.165) is 22.6 Å². The molecule has 6 nitrogen and oxygen atoms in total. The quantitative estimate of drug-likeness (QED) is 0.546. The predicted molar refractivity (Wildman–Crippen MR) is 117 cm³/mol. The first-order chi connectivity index (χ1) is 14.7. The van der Waals surface area contributed by atoms with Crippen LogP contribution in [0.15, 0.2) is 70.7 Å². The molecule has 0 N–H and O–H groups in total. The molecule has 2 aromatic carbocycles. The van der Waals surface area contributed by atoms with Gasteiger partial charge in [-0.05, 0) is 30.2 Å². The zero-order chi connectivity index (χ0) is 20.9. The Morgan fingerprint density at radius 3 is 2.63 bits per heavy atom. The Labute approximate surface area is 179 Å². The molecule has 0 unspecified atom stereocenters. The number of ether oxygens (including phenoxy) is 1. The van der Waals surface area contributed by atoms with Gasteiger partial charge in [0, 0.05) is 31.6 Å². The number of aromatic nitrogens is 2. The molecule has 0 saturated carbocycles. The van der Waals surface area contributed by atoms with Crippen molar-refractivity contribution in [3.63, 3.8) is 0 Å². The molecule has 0 fully saturated rings. The van der Waals surface area contributed by atoms with E-state index in [1.807, 2.05) is 61.5 Å². The maximum Gasteiger partial charge on any atom is 0.267 e. The average molecular weight is 422 g/mol. The zero-order valence-electron chi connectivity index (χ0n) is 16.8. The van der Waals surface area contributed by atoms with Gasteiger partial charge in [-0.2, -0.15) is 0 Å². The highest BCUT2D eigenvalue weighted by molar-refractivity contribution is 7.99. The largest absolute Gasteiger partial charge is 0.489 e. The Kier molecular flexibility index (Phi) is 6.18. The van der Waals surface area contributed by atoms with Gasteiger partial charge in [-0.15, -0.1) is 0 Å². The van der Waals surface area contributed by atoms with Gasteiger partial charge in [0.05, 0.1) is 0 Å². The van der Waals surface area contributed by atoms with Crippen LogP contribution in [0.4, 0.5) is 0 Å². The molecule has 1 amide bonds. The topological polar surface area (TPSA) is 64.4 Å². The van der Waals surface area contributed by atoms with Crippen molar-refractivity contribution in [1.29, 1.82) is 0 Å². The van der Waals surface area contributed by atoms with Crippen molar-refractivity contribution in [2.24, 2.45) is 0 Å². The first kappa shape index (κ1) is 20.2. The Hall–Kier alpha value is -3.06. The highest BCUT2D eigenvalue weighted by Crippen LogP contribution is 2.21. The minimum absolute atomic E-state index is 0.130. The van der Waals surface area contributed by atoms with Crippen LogP contribution in [-0.4, -0.2) is 32.7 Å². The van der Waals surface area contributed by atoms with Gasteiger partial charge >= 0.3 is 0 Å². The first-order valence-electron chi connectivity index (χ1n) is 9.93. The van der Waals surface area contributed by atoms with E-state index in [2.05, 4.69) is 4.98 Å². The molecule has 0 spiro atoms. The second-order valence-electron chi connectivity index (χ2n) is 7.00. The summed E-state index contributed by atoms with van der Waals surface area (Å²) in [6.45, 7) is 3.94. The van der Waals surface area contributed by atoms with Crippen molar-refractivity contribution < 1.29 is 9.53 Å². The average Bonchev–Trinajstić information content (AvgIpc) is 3.27. The van der Waals surface area contributed by atoms with Crippen molar-refractivity contribution >= 4 is 17.7 Å². The maximum atomic E-state index is 13.0. The summed E-state index contributed by atoms with van der Waals surface area (Å²) in [7, 11) is 0. The van der Waals surface area contributed by atoms with Crippen molar-refractivity contribution in [1.82, 2.24) is 14.5 Å². The fourth-order valence-corrected chi connectivity index (χ4v) is 4.23. The van der Waals surface area contributed by atoms with Gasteiger partial charge in [-0.1, -0.05) is 54.2 Å². The molecule has 0 aliphatic carbocycles. The van der Waals surface area contributed by atoms with Gasteiger partial charge in [0.2, 0.25) is 0 Å². The van der Waals surface area contributed by atoms with Gasteiger partial charge in [0.25, 0.3) is 11.5 Å². The van der Waals surface area contributed by atoms with Crippen LogP contribution in [0.1, 0.15) is 28.4 Å². The number of hydrogen-bond donors (Lipinski definition) is 0. The second-order valence-corrected chi connectivity index (χ2v) is 8.06. The van der Waals surface area contributed by atoms with Crippen LogP contribution in [0.2, 0.25) is 0 Å². The summed E-state index contributed by atoms with van der Waals surface area (Å²) in [5.74, 6) is 1.30. The third kappa shape index (κ3) is 4.41. The minimum Gasteiger partial charge on any atom is -0.489 e. The summed E-state index contributed by atoms with van der Waals surface area (Å²) < 4.78 is 7.41. The fourth-order valence-electron chi connectivity index (χ4n) is 3.31. The van der Waals surface area contributed by atoms with E-state index in [0.29, 0.717) is 31.4 Å². The first-order valence-corrected chi connectivity index (χ1v) is 10.9. The van der Waals surface area contributed by atoms with Crippen LogP contribution < -0.4 is 10.3 Å². The molecule has 0 atom stereocenters. The lowest BCUT2D eigenvalue weighted by molar-refractivity contribution is 0.0749. The number of carbonyl (C=O) groups excluding carboxylic acids is 1. The molecule has 3 aromatic rings. The molecular formula is C23H23N3O3S. The van der Waals surface area contributed by atoms with Crippen LogP contribution in [0.25, 0.3) is 0 Å². The minimum atomic E-state index is -0.286. The summed E-state index contributed by atoms with van der Waals surface area (Å²) >= 11 is 1.54. The van der Waals surface area contributed by atoms with E-state index in [1.54, 1.807) is 9.47 Å². The lowest BCUT2D eigenvalue weighted by atomic mass is 10.2. The van der Waals surface area contributed by atoms with Crippen LogP contribution in [0.5, 0.6) is 5.75 Å². The van der Waals surface area contributed by atoms with E-state index < -0.39 is 0 Å². The van der Waals surface area contributed by atoms with Gasteiger partial charge in [-0.25, -0.2) is 4.98 Å². The van der Waals surface area contributed by atoms with E-state index in [9.17, 15) is 9.59 Å². The molecule has 1 aliphatic heterocycles.